The first-order valence-corrected chi connectivity index (χ1v) is 18.0. The molecular weight excluding hydrogens is 623 g/mol. The summed E-state index contributed by atoms with van der Waals surface area (Å²) in [5.41, 5.74) is 1.17. The lowest BCUT2D eigenvalue weighted by atomic mass is 9.77. The third-order valence-corrected chi connectivity index (χ3v) is 11.9. The molecule has 0 bridgehead atoms. The number of nitrogens with zero attached hydrogens (tertiary/aromatic N) is 3. The molecule has 2 saturated heterocycles. The number of thioether (sulfide) groups is 1. The SMILES string of the molecule is CCOc1ccc(N2CC=C[C@H]3S[C@]45C=CCN(C(C)(C)CC(C)(C)C)C(=O)C4N([C@@H](CO)Cc4ccccc4)C(=O)[C@@H]5[C@H]3C2=O)cc1. The number of rotatable bonds is 9. The van der Waals surface area contributed by atoms with Gasteiger partial charge in [-0.25, -0.2) is 0 Å². The van der Waals surface area contributed by atoms with Crippen molar-refractivity contribution in [2.75, 3.05) is 31.2 Å². The van der Waals surface area contributed by atoms with Crippen molar-refractivity contribution in [1.82, 2.24) is 9.80 Å². The summed E-state index contributed by atoms with van der Waals surface area (Å²) in [6.45, 7) is 13.7. The van der Waals surface area contributed by atoms with E-state index >= 15 is 9.59 Å². The Morgan fingerprint density at radius 3 is 2.29 bits per heavy atom. The highest BCUT2D eigenvalue weighted by Crippen LogP contribution is 2.62. The van der Waals surface area contributed by atoms with E-state index in [1.165, 1.54) is 0 Å². The Hall–Kier alpha value is -3.56. The first-order valence-electron chi connectivity index (χ1n) is 17.2. The Labute approximate surface area is 289 Å². The van der Waals surface area contributed by atoms with Gasteiger partial charge in [0.25, 0.3) is 0 Å². The van der Waals surface area contributed by atoms with Crippen molar-refractivity contribution in [2.24, 2.45) is 17.3 Å². The maximum absolute atomic E-state index is 15.1. The summed E-state index contributed by atoms with van der Waals surface area (Å²) in [4.78, 5) is 50.2. The number of carbonyl (C=O) groups is 3. The highest BCUT2D eigenvalue weighted by atomic mass is 32.2. The van der Waals surface area contributed by atoms with Crippen molar-refractivity contribution in [3.8, 4) is 5.75 Å². The minimum atomic E-state index is -0.970. The molecule has 0 saturated carbocycles. The van der Waals surface area contributed by atoms with Crippen molar-refractivity contribution < 1.29 is 24.2 Å². The van der Waals surface area contributed by atoms with E-state index < -0.39 is 34.2 Å². The fraction of sp³-hybridized carbons (Fsp3) is 0.513. The Kier molecular flexibility index (Phi) is 9.33. The molecule has 3 amide bonds. The minimum Gasteiger partial charge on any atom is -0.494 e. The fourth-order valence-electron chi connectivity index (χ4n) is 8.67. The third-order valence-electron chi connectivity index (χ3n) is 10.2. The molecule has 1 unspecified atom stereocenters. The molecule has 4 heterocycles. The number of anilines is 1. The molecule has 2 aromatic carbocycles. The molecule has 4 aliphatic heterocycles. The fourth-order valence-corrected chi connectivity index (χ4v) is 10.7. The maximum atomic E-state index is 15.1. The quantitative estimate of drug-likeness (QED) is 0.354. The van der Waals surface area contributed by atoms with Gasteiger partial charge in [0.15, 0.2) is 0 Å². The molecule has 1 N–H and O–H groups in total. The van der Waals surface area contributed by atoms with E-state index in [0.717, 1.165) is 23.4 Å². The van der Waals surface area contributed by atoms with Crippen molar-refractivity contribution in [3.63, 3.8) is 0 Å². The van der Waals surface area contributed by atoms with E-state index in [1.54, 1.807) is 21.6 Å². The van der Waals surface area contributed by atoms with Crippen LogP contribution in [0, 0.1) is 17.3 Å². The summed E-state index contributed by atoms with van der Waals surface area (Å²) in [6.07, 6.45) is 9.32. The topological polar surface area (TPSA) is 90.4 Å². The number of aliphatic hydroxyl groups is 1. The van der Waals surface area contributed by atoms with Crippen LogP contribution in [0.4, 0.5) is 5.69 Å². The number of hydrogen-bond acceptors (Lipinski definition) is 6. The monoisotopic (exact) mass is 671 g/mol. The summed E-state index contributed by atoms with van der Waals surface area (Å²) < 4.78 is 4.66. The van der Waals surface area contributed by atoms with Gasteiger partial charge >= 0.3 is 0 Å². The molecule has 256 valence electrons. The van der Waals surface area contributed by atoms with Gasteiger partial charge in [0.1, 0.15) is 11.8 Å². The number of carbonyl (C=O) groups excluding carboxylic acids is 3. The molecular formula is C39H49N3O5S. The van der Waals surface area contributed by atoms with Crippen LogP contribution in [0.2, 0.25) is 0 Å². The highest BCUT2D eigenvalue weighted by molar-refractivity contribution is 8.02. The predicted molar refractivity (Wildman–Crippen MR) is 191 cm³/mol. The molecule has 8 nitrogen and oxygen atoms in total. The molecule has 0 aliphatic carbocycles. The molecule has 0 radical (unpaired) electrons. The van der Waals surface area contributed by atoms with E-state index in [9.17, 15) is 9.90 Å². The number of ether oxygens (including phenoxy) is 1. The van der Waals surface area contributed by atoms with E-state index in [1.807, 2.05) is 78.6 Å². The van der Waals surface area contributed by atoms with Crippen molar-refractivity contribution >= 4 is 35.2 Å². The first-order chi connectivity index (χ1) is 22.8. The second-order valence-corrected chi connectivity index (χ2v) is 16.8. The van der Waals surface area contributed by atoms with Gasteiger partial charge in [-0.15, -0.1) is 11.8 Å². The lowest BCUT2D eigenvalue weighted by Crippen LogP contribution is -2.60. The molecule has 48 heavy (non-hydrogen) atoms. The average molecular weight is 672 g/mol. The number of likely N-dealkylation sites (tertiary alicyclic amines) is 1. The largest absolute Gasteiger partial charge is 0.494 e. The van der Waals surface area contributed by atoms with Gasteiger partial charge in [-0.2, -0.15) is 0 Å². The lowest BCUT2D eigenvalue weighted by Gasteiger charge is -2.45. The van der Waals surface area contributed by atoms with Crippen LogP contribution in [0.3, 0.4) is 0 Å². The molecule has 9 heteroatoms. The summed E-state index contributed by atoms with van der Waals surface area (Å²) in [6, 6.07) is 15.7. The summed E-state index contributed by atoms with van der Waals surface area (Å²) in [5.74, 6) is -1.21. The van der Waals surface area contributed by atoms with Gasteiger partial charge in [-0.3, -0.25) is 14.4 Å². The normalized spacial score (nSPS) is 27.8. The summed E-state index contributed by atoms with van der Waals surface area (Å²) >= 11 is 1.57. The van der Waals surface area contributed by atoms with Gasteiger partial charge in [-0.1, -0.05) is 75.4 Å². The van der Waals surface area contributed by atoms with Gasteiger partial charge < -0.3 is 24.5 Å². The van der Waals surface area contributed by atoms with Crippen LogP contribution in [0.25, 0.3) is 0 Å². The third kappa shape index (κ3) is 6.09. The van der Waals surface area contributed by atoms with Crippen LogP contribution in [-0.4, -0.2) is 86.6 Å². The number of aliphatic hydroxyl groups excluding tert-OH is 1. The Morgan fingerprint density at radius 1 is 0.938 bits per heavy atom. The predicted octanol–water partition coefficient (Wildman–Crippen LogP) is 5.50. The van der Waals surface area contributed by atoms with E-state index in [0.29, 0.717) is 26.1 Å². The zero-order chi connectivity index (χ0) is 34.4. The van der Waals surface area contributed by atoms with Crippen molar-refractivity contribution in [2.45, 2.75) is 82.0 Å². The van der Waals surface area contributed by atoms with Crippen molar-refractivity contribution in [3.05, 3.63) is 84.5 Å². The molecule has 6 atom stereocenters. The van der Waals surface area contributed by atoms with E-state index in [-0.39, 0.29) is 35.0 Å². The van der Waals surface area contributed by atoms with Gasteiger partial charge in [0.05, 0.1) is 35.8 Å². The Bertz CT molecular complexity index is 1580. The van der Waals surface area contributed by atoms with Crippen LogP contribution in [0.15, 0.2) is 78.9 Å². The van der Waals surface area contributed by atoms with Gasteiger partial charge in [-0.05, 0) is 68.9 Å². The highest BCUT2D eigenvalue weighted by Gasteiger charge is 2.72. The van der Waals surface area contributed by atoms with E-state index in [4.69, 9.17) is 4.74 Å². The van der Waals surface area contributed by atoms with E-state index in [2.05, 4.69) is 46.8 Å². The molecule has 4 aliphatic rings. The molecule has 2 fully saturated rings. The zero-order valence-electron chi connectivity index (χ0n) is 29.0. The maximum Gasteiger partial charge on any atom is 0.247 e. The molecule has 6 rings (SSSR count). The Balaban J connectivity index is 1.44. The zero-order valence-corrected chi connectivity index (χ0v) is 29.8. The number of benzene rings is 2. The molecule has 2 aromatic rings. The summed E-state index contributed by atoms with van der Waals surface area (Å²) in [7, 11) is 0. The lowest BCUT2D eigenvalue weighted by molar-refractivity contribution is -0.149. The van der Waals surface area contributed by atoms with Crippen LogP contribution < -0.4 is 9.64 Å². The number of amides is 3. The second-order valence-electron chi connectivity index (χ2n) is 15.3. The second kappa shape index (κ2) is 13.0. The Morgan fingerprint density at radius 2 is 1.65 bits per heavy atom. The van der Waals surface area contributed by atoms with Crippen LogP contribution >= 0.6 is 11.8 Å². The van der Waals surface area contributed by atoms with Crippen LogP contribution in [-0.2, 0) is 20.8 Å². The number of hydrogen-bond donors (Lipinski definition) is 1. The number of fused-ring (bicyclic) bond motifs is 2. The van der Waals surface area contributed by atoms with Gasteiger partial charge in [0, 0.05) is 29.6 Å². The summed E-state index contributed by atoms with van der Waals surface area (Å²) in [5, 5.41) is 10.6. The van der Waals surface area contributed by atoms with Crippen LogP contribution in [0.5, 0.6) is 5.75 Å². The standard InChI is InChI=1S/C39H49N3O5S/c1-7-47-29-18-16-27(17-19-29)40-21-11-15-30-31(34(40)44)32-35(45)42(28(24-43)23-26-13-9-8-10-14-26)33-36(46)41(22-12-20-39(32,33)48-30)38(5,6)25-37(2,3)4/h8-20,28,30-33,43H,7,21-25H2,1-6H3/t28-,30-,31+,32+,33?,39+/m1/s1. The van der Waals surface area contributed by atoms with Crippen LogP contribution in [0.1, 0.15) is 53.5 Å². The minimum absolute atomic E-state index is 0.0387. The van der Waals surface area contributed by atoms with Crippen molar-refractivity contribution in [1.29, 1.82) is 0 Å². The molecule has 1 spiro atoms. The molecule has 0 aromatic heterocycles. The van der Waals surface area contributed by atoms with Gasteiger partial charge in [0.2, 0.25) is 17.7 Å². The smallest absolute Gasteiger partial charge is 0.247 e. The first kappa shape index (κ1) is 34.3. The average Bonchev–Trinajstić information content (AvgIpc) is 3.34.